The van der Waals surface area contributed by atoms with Gasteiger partial charge in [0, 0.05) is 41.5 Å². The quantitative estimate of drug-likeness (QED) is 0.853. The zero-order valence-electron chi connectivity index (χ0n) is 12.7. The molecule has 0 saturated heterocycles. The van der Waals surface area contributed by atoms with E-state index in [2.05, 4.69) is 61.6 Å². The summed E-state index contributed by atoms with van der Waals surface area (Å²) >= 11 is 1.85. The number of aryl methyl sites for hydroxylation is 1. The van der Waals surface area contributed by atoms with Crippen LogP contribution < -0.4 is 5.32 Å². The first-order chi connectivity index (χ1) is 9.42. The van der Waals surface area contributed by atoms with E-state index < -0.39 is 0 Å². The molecule has 1 N–H and O–H groups in total. The maximum Gasteiger partial charge on any atom is 0.0530 e. The highest BCUT2D eigenvalue weighted by Gasteiger charge is 2.08. The largest absolute Gasteiger partial charge is 0.308 e. The molecule has 2 aromatic rings. The molecule has 0 fully saturated rings. The molecule has 0 aliphatic carbocycles. The van der Waals surface area contributed by atoms with Gasteiger partial charge in [-0.1, -0.05) is 12.1 Å². The van der Waals surface area contributed by atoms with Gasteiger partial charge in [0.15, 0.2) is 0 Å². The second kappa shape index (κ2) is 6.46. The van der Waals surface area contributed by atoms with E-state index in [0.717, 1.165) is 12.3 Å². The van der Waals surface area contributed by atoms with Crippen LogP contribution in [0, 0.1) is 0 Å². The van der Waals surface area contributed by atoms with Crippen LogP contribution in [0.3, 0.4) is 0 Å². The summed E-state index contributed by atoms with van der Waals surface area (Å²) in [4.78, 5) is 1.31. The van der Waals surface area contributed by atoms with Crippen molar-refractivity contribution in [1.82, 2.24) is 15.1 Å². The summed E-state index contributed by atoms with van der Waals surface area (Å²) in [5.41, 5.74) is 2.74. The lowest BCUT2D eigenvalue weighted by Gasteiger charge is -2.20. The van der Waals surface area contributed by atoms with E-state index in [1.807, 2.05) is 29.7 Å². The first-order valence-electron chi connectivity index (χ1n) is 6.87. The molecule has 0 saturated carbocycles. The third-order valence-corrected chi connectivity index (χ3v) is 3.95. The Kier molecular flexibility index (Phi) is 4.89. The van der Waals surface area contributed by atoms with Gasteiger partial charge in [0.05, 0.1) is 6.20 Å². The molecule has 0 bridgehead atoms. The van der Waals surface area contributed by atoms with Crippen LogP contribution in [-0.2, 0) is 19.3 Å². The Bertz CT molecular complexity index is 555. The van der Waals surface area contributed by atoms with Crippen LogP contribution in [0.25, 0.3) is 0 Å². The number of rotatable bonds is 5. The predicted octanol–water partition coefficient (Wildman–Crippen LogP) is 3.60. The Morgan fingerprint density at radius 2 is 2.05 bits per heavy atom. The van der Waals surface area contributed by atoms with Crippen molar-refractivity contribution >= 4 is 11.8 Å². The molecular weight excluding hydrogens is 266 g/mol. The summed E-state index contributed by atoms with van der Waals surface area (Å²) in [5.74, 6) is 0.962. The van der Waals surface area contributed by atoms with Gasteiger partial charge in [-0.25, -0.2) is 0 Å². The van der Waals surface area contributed by atoms with Gasteiger partial charge in [0.25, 0.3) is 0 Å². The number of hydrogen-bond acceptors (Lipinski definition) is 3. The van der Waals surface area contributed by atoms with Gasteiger partial charge >= 0.3 is 0 Å². The molecule has 1 heterocycles. The summed E-state index contributed by atoms with van der Waals surface area (Å²) in [6, 6.07) is 8.74. The molecule has 0 radical (unpaired) electrons. The first-order valence-corrected chi connectivity index (χ1v) is 7.85. The molecule has 0 atom stereocenters. The molecular formula is C16H23N3S. The van der Waals surface area contributed by atoms with Crippen LogP contribution >= 0.6 is 11.8 Å². The molecule has 2 rings (SSSR count). The molecule has 1 aromatic carbocycles. The molecule has 0 unspecified atom stereocenters. The van der Waals surface area contributed by atoms with Crippen molar-refractivity contribution in [2.24, 2.45) is 7.05 Å². The first kappa shape index (κ1) is 15.1. The number of benzene rings is 1. The summed E-state index contributed by atoms with van der Waals surface area (Å²) in [6.07, 6.45) is 4.00. The number of hydrogen-bond donors (Lipinski definition) is 1. The third kappa shape index (κ3) is 5.02. The van der Waals surface area contributed by atoms with Gasteiger partial charge in [-0.15, -0.1) is 11.8 Å². The summed E-state index contributed by atoms with van der Waals surface area (Å²) < 4.78 is 1.85. The van der Waals surface area contributed by atoms with Gasteiger partial charge in [0.2, 0.25) is 0 Å². The standard InChI is InChI=1S/C16H23N3S/c1-16(2,3)17-9-13-6-5-7-15(8-13)20-12-14-10-18-19(4)11-14/h5-8,10-11,17H,9,12H2,1-4H3. The molecule has 0 amide bonds. The normalized spacial score (nSPS) is 11.8. The van der Waals surface area contributed by atoms with Crippen molar-refractivity contribution in [3.63, 3.8) is 0 Å². The fourth-order valence-corrected chi connectivity index (χ4v) is 2.72. The van der Waals surface area contributed by atoms with E-state index >= 15 is 0 Å². The van der Waals surface area contributed by atoms with E-state index in [4.69, 9.17) is 0 Å². The highest BCUT2D eigenvalue weighted by molar-refractivity contribution is 7.98. The Hall–Kier alpha value is -1.26. The Morgan fingerprint density at radius 3 is 2.70 bits per heavy atom. The molecule has 1 aromatic heterocycles. The highest BCUT2D eigenvalue weighted by atomic mass is 32.2. The fraction of sp³-hybridized carbons (Fsp3) is 0.438. The maximum absolute atomic E-state index is 4.20. The van der Waals surface area contributed by atoms with Crippen molar-refractivity contribution < 1.29 is 0 Å². The number of nitrogens with one attached hydrogen (secondary N) is 1. The van der Waals surface area contributed by atoms with Crippen LogP contribution in [0.15, 0.2) is 41.6 Å². The Balaban J connectivity index is 1.92. The van der Waals surface area contributed by atoms with Crippen LogP contribution in [0.4, 0.5) is 0 Å². The lowest BCUT2D eigenvalue weighted by molar-refractivity contribution is 0.424. The zero-order valence-corrected chi connectivity index (χ0v) is 13.5. The van der Waals surface area contributed by atoms with E-state index in [-0.39, 0.29) is 5.54 Å². The third-order valence-electron chi connectivity index (χ3n) is 2.89. The molecule has 4 heteroatoms. The van der Waals surface area contributed by atoms with E-state index in [1.165, 1.54) is 16.0 Å². The van der Waals surface area contributed by atoms with Crippen LogP contribution in [0.5, 0.6) is 0 Å². The molecule has 0 spiro atoms. The van der Waals surface area contributed by atoms with Gasteiger partial charge in [-0.05, 0) is 38.5 Å². The van der Waals surface area contributed by atoms with Crippen LogP contribution in [-0.4, -0.2) is 15.3 Å². The molecule has 20 heavy (non-hydrogen) atoms. The van der Waals surface area contributed by atoms with Crippen molar-refractivity contribution in [1.29, 1.82) is 0 Å². The number of nitrogens with zero attached hydrogens (tertiary/aromatic N) is 2. The van der Waals surface area contributed by atoms with Gasteiger partial charge in [-0.3, -0.25) is 4.68 Å². The lowest BCUT2D eigenvalue weighted by atomic mass is 10.1. The van der Waals surface area contributed by atoms with Gasteiger partial charge < -0.3 is 5.32 Å². The fourth-order valence-electron chi connectivity index (χ4n) is 1.83. The van der Waals surface area contributed by atoms with Gasteiger partial charge in [-0.2, -0.15) is 5.10 Å². The average Bonchev–Trinajstić information content (AvgIpc) is 2.80. The minimum atomic E-state index is 0.152. The molecule has 108 valence electrons. The van der Waals surface area contributed by atoms with Crippen molar-refractivity contribution in [2.45, 2.75) is 43.5 Å². The second-order valence-corrected chi connectivity index (χ2v) is 7.11. The smallest absolute Gasteiger partial charge is 0.0530 e. The zero-order chi connectivity index (χ0) is 14.6. The van der Waals surface area contributed by atoms with Crippen LogP contribution in [0.1, 0.15) is 31.9 Å². The summed E-state index contributed by atoms with van der Waals surface area (Å²) in [6.45, 7) is 7.47. The number of thioether (sulfide) groups is 1. The summed E-state index contributed by atoms with van der Waals surface area (Å²) in [5, 5.41) is 7.72. The summed E-state index contributed by atoms with van der Waals surface area (Å²) in [7, 11) is 1.95. The Labute approximate surface area is 125 Å². The predicted molar refractivity (Wildman–Crippen MR) is 85.8 cm³/mol. The van der Waals surface area contributed by atoms with Gasteiger partial charge in [0.1, 0.15) is 0 Å². The van der Waals surface area contributed by atoms with E-state index in [1.54, 1.807) is 0 Å². The van der Waals surface area contributed by atoms with Crippen molar-refractivity contribution in [2.75, 3.05) is 0 Å². The average molecular weight is 289 g/mol. The van der Waals surface area contributed by atoms with E-state index in [9.17, 15) is 0 Å². The van der Waals surface area contributed by atoms with E-state index in [0.29, 0.717) is 0 Å². The minimum Gasteiger partial charge on any atom is -0.308 e. The monoisotopic (exact) mass is 289 g/mol. The van der Waals surface area contributed by atoms with Crippen molar-refractivity contribution in [3.8, 4) is 0 Å². The molecule has 0 aliphatic heterocycles. The Morgan fingerprint density at radius 1 is 1.25 bits per heavy atom. The lowest BCUT2D eigenvalue weighted by Crippen LogP contribution is -2.35. The van der Waals surface area contributed by atoms with Crippen molar-refractivity contribution in [3.05, 3.63) is 47.8 Å². The maximum atomic E-state index is 4.20. The highest BCUT2D eigenvalue weighted by Crippen LogP contribution is 2.23. The SMILES string of the molecule is Cn1cc(CSc2cccc(CNC(C)(C)C)c2)cn1. The topological polar surface area (TPSA) is 29.9 Å². The minimum absolute atomic E-state index is 0.152. The molecule has 3 nitrogen and oxygen atoms in total. The second-order valence-electron chi connectivity index (χ2n) is 6.06. The molecule has 0 aliphatic rings. The van der Waals surface area contributed by atoms with Crippen LogP contribution in [0.2, 0.25) is 0 Å². The number of aromatic nitrogens is 2.